The van der Waals surface area contributed by atoms with Crippen LogP contribution in [-0.2, 0) is 11.3 Å². The molecule has 0 radical (unpaired) electrons. The maximum atomic E-state index is 12.6. The Balaban J connectivity index is 2.56. The van der Waals surface area contributed by atoms with Crippen LogP contribution in [0.1, 0.15) is 5.56 Å². The van der Waals surface area contributed by atoms with E-state index in [9.17, 15) is 4.39 Å². The van der Waals surface area contributed by atoms with Crippen molar-refractivity contribution in [1.29, 1.82) is 0 Å². The summed E-state index contributed by atoms with van der Waals surface area (Å²) in [5, 5.41) is 0.386. The predicted octanol–water partition coefficient (Wildman–Crippen LogP) is 1.95. The second-order valence-electron chi connectivity index (χ2n) is 2.58. The summed E-state index contributed by atoms with van der Waals surface area (Å²) in [5.74, 6) is -0.340. The van der Waals surface area contributed by atoms with Crippen LogP contribution in [0.4, 0.5) is 4.39 Å². The number of hydrogen-bond acceptors (Lipinski definition) is 2. The van der Waals surface area contributed by atoms with Crippen molar-refractivity contribution in [2.75, 3.05) is 13.2 Å². The van der Waals surface area contributed by atoms with Gasteiger partial charge >= 0.3 is 0 Å². The zero-order chi connectivity index (χ0) is 9.68. The Morgan fingerprint density at radius 2 is 2.23 bits per heavy atom. The second-order valence-corrected chi connectivity index (χ2v) is 2.98. The van der Waals surface area contributed by atoms with Crippen LogP contribution >= 0.6 is 11.6 Å². The van der Waals surface area contributed by atoms with Gasteiger partial charge in [-0.1, -0.05) is 17.7 Å². The molecule has 0 heterocycles. The summed E-state index contributed by atoms with van der Waals surface area (Å²) < 4.78 is 17.7. The molecule has 0 aliphatic heterocycles. The van der Waals surface area contributed by atoms with Crippen molar-refractivity contribution in [2.45, 2.75) is 6.61 Å². The van der Waals surface area contributed by atoms with Gasteiger partial charge < -0.3 is 10.5 Å². The summed E-state index contributed by atoms with van der Waals surface area (Å²) in [4.78, 5) is 0. The molecular formula is C9H11ClFNO. The minimum absolute atomic E-state index is 0.340. The zero-order valence-corrected chi connectivity index (χ0v) is 7.85. The van der Waals surface area contributed by atoms with Gasteiger partial charge in [-0.15, -0.1) is 0 Å². The number of ether oxygens (including phenoxy) is 1. The van der Waals surface area contributed by atoms with Crippen molar-refractivity contribution < 1.29 is 9.13 Å². The topological polar surface area (TPSA) is 35.2 Å². The highest BCUT2D eigenvalue weighted by molar-refractivity contribution is 6.31. The molecule has 0 aliphatic rings. The molecule has 2 N–H and O–H groups in total. The molecule has 2 nitrogen and oxygen atoms in total. The Kier molecular flexibility index (Phi) is 4.15. The van der Waals surface area contributed by atoms with E-state index >= 15 is 0 Å². The highest BCUT2D eigenvalue weighted by Crippen LogP contribution is 2.17. The van der Waals surface area contributed by atoms with Crippen molar-refractivity contribution in [3.8, 4) is 0 Å². The maximum absolute atomic E-state index is 12.6. The molecule has 72 valence electrons. The van der Waals surface area contributed by atoms with Gasteiger partial charge in [0.15, 0.2) is 0 Å². The van der Waals surface area contributed by atoms with E-state index in [-0.39, 0.29) is 5.82 Å². The van der Waals surface area contributed by atoms with Crippen molar-refractivity contribution >= 4 is 11.6 Å². The third kappa shape index (κ3) is 3.30. The summed E-state index contributed by atoms with van der Waals surface area (Å²) in [6.45, 7) is 1.32. The van der Waals surface area contributed by atoms with Crippen LogP contribution in [0.15, 0.2) is 18.2 Å². The minimum atomic E-state index is -0.340. The van der Waals surface area contributed by atoms with Gasteiger partial charge in [0.1, 0.15) is 5.82 Å². The number of hydrogen-bond donors (Lipinski definition) is 1. The lowest BCUT2D eigenvalue weighted by atomic mass is 10.2. The van der Waals surface area contributed by atoms with Crippen LogP contribution < -0.4 is 5.73 Å². The Bertz CT molecular complexity index is 280. The van der Waals surface area contributed by atoms with Gasteiger partial charge in [0.2, 0.25) is 0 Å². The minimum Gasteiger partial charge on any atom is -0.375 e. The standard InChI is InChI=1S/C9H11ClFNO/c10-9-5-8(11)2-1-7(9)6-13-4-3-12/h1-2,5H,3-4,6,12H2. The summed E-state index contributed by atoms with van der Waals surface area (Å²) in [7, 11) is 0. The second kappa shape index (κ2) is 5.17. The normalized spacial score (nSPS) is 10.4. The summed E-state index contributed by atoms with van der Waals surface area (Å²) >= 11 is 5.76. The van der Waals surface area contributed by atoms with E-state index in [1.165, 1.54) is 12.1 Å². The van der Waals surface area contributed by atoms with E-state index in [0.29, 0.717) is 24.8 Å². The van der Waals surface area contributed by atoms with Gasteiger partial charge in [-0.3, -0.25) is 0 Å². The third-order valence-corrected chi connectivity index (χ3v) is 1.89. The van der Waals surface area contributed by atoms with Crippen LogP contribution in [0.25, 0.3) is 0 Å². The molecule has 1 aromatic carbocycles. The smallest absolute Gasteiger partial charge is 0.124 e. The fraction of sp³-hybridized carbons (Fsp3) is 0.333. The van der Waals surface area contributed by atoms with Crippen LogP contribution in [0.2, 0.25) is 5.02 Å². The Labute approximate surface area is 81.4 Å². The van der Waals surface area contributed by atoms with Gasteiger partial charge in [-0.2, -0.15) is 0 Å². The number of rotatable bonds is 4. The molecule has 0 aliphatic carbocycles. The highest BCUT2D eigenvalue weighted by atomic mass is 35.5. The SMILES string of the molecule is NCCOCc1ccc(F)cc1Cl. The summed E-state index contributed by atoms with van der Waals surface area (Å²) in [5.41, 5.74) is 6.01. The van der Waals surface area contributed by atoms with Gasteiger partial charge in [0.05, 0.1) is 13.2 Å². The average Bonchev–Trinajstić information content (AvgIpc) is 2.09. The molecule has 0 atom stereocenters. The zero-order valence-electron chi connectivity index (χ0n) is 7.09. The summed E-state index contributed by atoms with van der Waals surface area (Å²) in [6, 6.07) is 4.23. The number of benzene rings is 1. The lowest BCUT2D eigenvalue weighted by Crippen LogP contribution is -2.08. The molecular weight excluding hydrogens is 193 g/mol. The quantitative estimate of drug-likeness (QED) is 0.760. The Hall–Kier alpha value is -0.640. The van der Waals surface area contributed by atoms with E-state index in [0.717, 1.165) is 5.56 Å². The molecule has 1 aromatic rings. The van der Waals surface area contributed by atoms with Gasteiger partial charge in [-0.25, -0.2) is 4.39 Å². The molecule has 0 saturated heterocycles. The van der Waals surface area contributed by atoms with E-state index in [1.54, 1.807) is 6.07 Å². The van der Waals surface area contributed by atoms with E-state index in [4.69, 9.17) is 22.1 Å². The monoisotopic (exact) mass is 203 g/mol. The fourth-order valence-corrected chi connectivity index (χ4v) is 1.13. The first kappa shape index (κ1) is 10.4. The number of halogens is 2. The molecule has 0 aromatic heterocycles. The van der Waals surface area contributed by atoms with E-state index in [1.807, 2.05) is 0 Å². The van der Waals surface area contributed by atoms with Crippen molar-refractivity contribution in [1.82, 2.24) is 0 Å². The van der Waals surface area contributed by atoms with Gasteiger partial charge in [0.25, 0.3) is 0 Å². The Morgan fingerprint density at radius 3 is 2.85 bits per heavy atom. The maximum Gasteiger partial charge on any atom is 0.124 e. The molecule has 0 spiro atoms. The molecule has 4 heteroatoms. The van der Waals surface area contributed by atoms with Gasteiger partial charge in [0, 0.05) is 11.6 Å². The molecule has 0 fully saturated rings. The van der Waals surface area contributed by atoms with E-state index in [2.05, 4.69) is 0 Å². The van der Waals surface area contributed by atoms with Crippen molar-refractivity contribution in [2.24, 2.45) is 5.73 Å². The largest absolute Gasteiger partial charge is 0.375 e. The summed E-state index contributed by atoms with van der Waals surface area (Å²) in [6.07, 6.45) is 0. The molecule has 0 bridgehead atoms. The van der Waals surface area contributed by atoms with Crippen LogP contribution in [0.5, 0.6) is 0 Å². The highest BCUT2D eigenvalue weighted by Gasteiger charge is 2.01. The fourth-order valence-electron chi connectivity index (χ4n) is 0.904. The third-order valence-electron chi connectivity index (χ3n) is 1.53. The molecule has 0 unspecified atom stereocenters. The van der Waals surface area contributed by atoms with Crippen LogP contribution in [0.3, 0.4) is 0 Å². The van der Waals surface area contributed by atoms with Crippen LogP contribution in [-0.4, -0.2) is 13.2 Å². The van der Waals surface area contributed by atoms with Crippen LogP contribution in [0, 0.1) is 5.82 Å². The van der Waals surface area contributed by atoms with Gasteiger partial charge in [-0.05, 0) is 17.7 Å². The average molecular weight is 204 g/mol. The molecule has 1 rings (SSSR count). The first-order chi connectivity index (χ1) is 6.24. The number of nitrogens with two attached hydrogens (primary N) is 1. The first-order valence-corrected chi connectivity index (χ1v) is 4.33. The first-order valence-electron chi connectivity index (χ1n) is 3.96. The van der Waals surface area contributed by atoms with E-state index < -0.39 is 0 Å². The molecule has 0 saturated carbocycles. The lowest BCUT2D eigenvalue weighted by molar-refractivity contribution is 0.128. The molecule has 13 heavy (non-hydrogen) atoms. The Morgan fingerprint density at radius 1 is 1.46 bits per heavy atom. The van der Waals surface area contributed by atoms with Crippen molar-refractivity contribution in [3.63, 3.8) is 0 Å². The van der Waals surface area contributed by atoms with Crippen molar-refractivity contribution in [3.05, 3.63) is 34.6 Å². The lowest BCUT2D eigenvalue weighted by Gasteiger charge is -2.04. The predicted molar refractivity (Wildman–Crippen MR) is 50.1 cm³/mol. The molecule has 0 amide bonds.